The van der Waals surface area contributed by atoms with Crippen molar-refractivity contribution in [3.05, 3.63) is 48.1 Å². The zero-order valence-electron chi connectivity index (χ0n) is 5.63. The molecule has 0 spiro atoms. The summed E-state index contributed by atoms with van der Waals surface area (Å²) in [5, 5.41) is 0. The molecule has 0 unspecified atom stereocenters. The van der Waals surface area contributed by atoms with Crippen molar-refractivity contribution >= 4 is 11.6 Å². The Morgan fingerprint density at radius 3 is 2.50 bits per heavy atom. The summed E-state index contributed by atoms with van der Waals surface area (Å²) in [6.07, 6.45) is 13.9. The van der Waals surface area contributed by atoms with E-state index in [1.165, 1.54) is 0 Å². The Morgan fingerprint density at radius 2 is 1.70 bits per heavy atom. The molecule has 0 radical (unpaired) electrons. The van der Waals surface area contributed by atoms with Crippen LogP contribution in [0.2, 0.25) is 0 Å². The molecule has 52 valence electrons. The van der Waals surface area contributed by atoms with E-state index in [0.717, 1.165) is 5.57 Å². The number of alkyl halides is 1. The fourth-order valence-electron chi connectivity index (χ4n) is 0.695. The maximum Gasteiger partial charge on any atom is 0.0474 e. The zero-order valence-corrected chi connectivity index (χ0v) is 6.38. The topological polar surface area (TPSA) is 0 Å². The molecule has 1 aliphatic carbocycles. The highest BCUT2D eigenvalue weighted by Crippen LogP contribution is 2.02. The van der Waals surface area contributed by atoms with Gasteiger partial charge in [-0.1, -0.05) is 42.5 Å². The van der Waals surface area contributed by atoms with Crippen LogP contribution in [0.1, 0.15) is 0 Å². The van der Waals surface area contributed by atoms with Crippen LogP contribution in [-0.4, -0.2) is 5.88 Å². The van der Waals surface area contributed by atoms with Crippen LogP contribution in [0.5, 0.6) is 0 Å². The van der Waals surface area contributed by atoms with Crippen LogP contribution >= 0.6 is 11.6 Å². The fraction of sp³-hybridized carbons (Fsp3) is 0.111. The lowest BCUT2D eigenvalue weighted by Crippen LogP contribution is -1.77. The SMILES string of the molecule is ClCC1=CC=CC=CC=C1. The van der Waals surface area contributed by atoms with E-state index in [2.05, 4.69) is 0 Å². The molecule has 0 saturated carbocycles. The molecule has 0 heterocycles. The van der Waals surface area contributed by atoms with Crippen molar-refractivity contribution in [3.8, 4) is 0 Å². The summed E-state index contributed by atoms with van der Waals surface area (Å²) in [7, 11) is 0. The van der Waals surface area contributed by atoms with Crippen LogP contribution in [0, 0.1) is 0 Å². The fourth-order valence-corrected chi connectivity index (χ4v) is 0.874. The second kappa shape index (κ2) is 4.13. The Morgan fingerprint density at radius 1 is 1.00 bits per heavy atom. The molecule has 1 aliphatic rings. The second-order valence-corrected chi connectivity index (χ2v) is 2.27. The van der Waals surface area contributed by atoms with E-state index in [-0.39, 0.29) is 0 Å². The molecule has 10 heavy (non-hydrogen) atoms. The second-order valence-electron chi connectivity index (χ2n) is 2.00. The highest BCUT2D eigenvalue weighted by atomic mass is 35.5. The molecule has 0 amide bonds. The molecule has 0 N–H and O–H groups in total. The molecule has 0 bridgehead atoms. The molecule has 0 aromatic rings. The van der Waals surface area contributed by atoms with Crippen LogP contribution in [0.3, 0.4) is 0 Å². The quantitative estimate of drug-likeness (QED) is 0.507. The Balaban J connectivity index is 2.73. The van der Waals surface area contributed by atoms with E-state index in [4.69, 9.17) is 11.6 Å². The first-order valence-corrected chi connectivity index (χ1v) is 3.73. The summed E-state index contributed by atoms with van der Waals surface area (Å²) in [6.45, 7) is 0. The van der Waals surface area contributed by atoms with Crippen LogP contribution in [0.15, 0.2) is 48.1 Å². The lowest BCUT2D eigenvalue weighted by atomic mass is 10.2. The smallest absolute Gasteiger partial charge is 0.0474 e. The summed E-state index contributed by atoms with van der Waals surface area (Å²) in [6, 6.07) is 0. The minimum Gasteiger partial charge on any atom is -0.122 e. The number of halogens is 1. The maximum atomic E-state index is 5.63. The van der Waals surface area contributed by atoms with Gasteiger partial charge in [0.25, 0.3) is 0 Å². The van der Waals surface area contributed by atoms with Gasteiger partial charge in [-0.25, -0.2) is 0 Å². The van der Waals surface area contributed by atoms with Gasteiger partial charge in [0.1, 0.15) is 0 Å². The average Bonchev–Trinajstić information content (AvgIpc) is 1.87. The van der Waals surface area contributed by atoms with Crippen molar-refractivity contribution < 1.29 is 0 Å². The number of rotatable bonds is 1. The standard InChI is InChI=1S/C9H9Cl/c10-8-9-6-4-2-1-3-5-7-9/h1-7H,8H2. The van der Waals surface area contributed by atoms with Crippen LogP contribution < -0.4 is 0 Å². The summed E-state index contributed by atoms with van der Waals surface area (Å²) < 4.78 is 0. The van der Waals surface area contributed by atoms with Gasteiger partial charge in [0.15, 0.2) is 0 Å². The number of hydrogen-bond donors (Lipinski definition) is 0. The Hall–Kier alpha value is -0.750. The molecule has 0 nitrogen and oxygen atoms in total. The Kier molecular flexibility index (Phi) is 3.04. The number of hydrogen-bond acceptors (Lipinski definition) is 0. The lowest BCUT2D eigenvalue weighted by molar-refractivity contribution is 1.52. The summed E-state index contributed by atoms with van der Waals surface area (Å²) in [4.78, 5) is 0. The van der Waals surface area contributed by atoms with Crippen LogP contribution in [0.25, 0.3) is 0 Å². The third kappa shape index (κ3) is 2.24. The third-order valence-electron chi connectivity index (χ3n) is 1.22. The highest BCUT2D eigenvalue weighted by molar-refractivity contribution is 6.19. The Labute approximate surface area is 66.2 Å². The summed E-state index contributed by atoms with van der Waals surface area (Å²) in [5.41, 5.74) is 1.14. The molecule has 1 heteroatoms. The predicted molar refractivity (Wildman–Crippen MR) is 46.2 cm³/mol. The van der Waals surface area contributed by atoms with Crippen molar-refractivity contribution in [2.45, 2.75) is 0 Å². The first-order chi connectivity index (χ1) is 4.93. The van der Waals surface area contributed by atoms with Crippen molar-refractivity contribution in [3.63, 3.8) is 0 Å². The number of allylic oxidation sites excluding steroid dienone is 8. The summed E-state index contributed by atoms with van der Waals surface area (Å²) >= 11 is 5.63. The van der Waals surface area contributed by atoms with Gasteiger partial charge in [0.05, 0.1) is 0 Å². The third-order valence-corrected chi connectivity index (χ3v) is 1.53. The van der Waals surface area contributed by atoms with E-state index in [1.807, 2.05) is 42.5 Å². The summed E-state index contributed by atoms with van der Waals surface area (Å²) in [5.74, 6) is 0.578. The maximum absolute atomic E-state index is 5.63. The first-order valence-electron chi connectivity index (χ1n) is 3.20. The van der Waals surface area contributed by atoms with E-state index >= 15 is 0 Å². The minimum absolute atomic E-state index is 0.578. The molecule has 0 aromatic heterocycles. The average molecular weight is 153 g/mol. The van der Waals surface area contributed by atoms with Gasteiger partial charge < -0.3 is 0 Å². The van der Waals surface area contributed by atoms with Gasteiger partial charge in [-0.3, -0.25) is 0 Å². The first kappa shape index (κ1) is 7.36. The molecule has 0 aromatic carbocycles. The normalized spacial score (nSPS) is 16.3. The molecular formula is C9H9Cl. The zero-order chi connectivity index (χ0) is 7.23. The Bertz CT molecular complexity index is 207. The van der Waals surface area contributed by atoms with Crippen LogP contribution in [0.4, 0.5) is 0 Å². The van der Waals surface area contributed by atoms with Gasteiger partial charge >= 0.3 is 0 Å². The highest BCUT2D eigenvalue weighted by Gasteiger charge is 1.85. The molecular weight excluding hydrogens is 144 g/mol. The largest absolute Gasteiger partial charge is 0.122 e. The van der Waals surface area contributed by atoms with Gasteiger partial charge in [0, 0.05) is 5.88 Å². The van der Waals surface area contributed by atoms with Crippen LogP contribution in [-0.2, 0) is 0 Å². The predicted octanol–water partition coefficient (Wildman–Crippen LogP) is 2.83. The van der Waals surface area contributed by atoms with Gasteiger partial charge in [-0.15, -0.1) is 11.6 Å². The van der Waals surface area contributed by atoms with E-state index in [9.17, 15) is 0 Å². The van der Waals surface area contributed by atoms with E-state index in [0.29, 0.717) is 5.88 Å². The molecule has 0 fully saturated rings. The monoisotopic (exact) mass is 152 g/mol. The van der Waals surface area contributed by atoms with Gasteiger partial charge in [0.2, 0.25) is 0 Å². The van der Waals surface area contributed by atoms with Crippen molar-refractivity contribution in [1.82, 2.24) is 0 Å². The van der Waals surface area contributed by atoms with Crippen molar-refractivity contribution in [2.75, 3.05) is 5.88 Å². The molecule has 1 rings (SSSR count). The molecule has 0 atom stereocenters. The van der Waals surface area contributed by atoms with E-state index < -0.39 is 0 Å². The molecule has 0 saturated heterocycles. The lowest BCUT2D eigenvalue weighted by Gasteiger charge is -1.92. The van der Waals surface area contributed by atoms with Crippen molar-refractivity contribution in [1.29, 1.82) is 0 Å². The van der Waals surface area contributed by atoms with E-state index in [1.54, 1.807) is 0 Å². The minimum atomic E-state index is 0.578. The van der Waals surface area contributed by atoms with Gasteiger partial charge in [-0.05, 0) is 5.57 Å². The van der Waals surface area contributed by atoms with Gasteiger partial charge in [-0.2, -0.15) is 0 Å². The molecule has 0 aliphatic heterocycles. The van der Waals surface area contributed by atoms with Crippen molar-refractivity contribution in [2.24, 2.45) is 0 Å².